The van der Waals surface area contributed by atoms with Crippen LogP contribution in [0, 0.1) is 0 Å². The molecular weight excluding hydrogens is 460 g/mol. The summed E-state index contributed by atoms with van der Waals surface area (Å²) in [6.07, 6.45) is 0. The molecule has 2 aromatic rings. The van der Waals surface area contributed by atoms with Gasteiger partial charge in [0, 0.05) is 11.1 Å². The Balaban J connectivity index is 3.03. The summed E-state index contributed by atoms with van der Waals surface area (Å²) in [5.41, 5.74) is -0.154. The number of phenolic OH excluding ortho intramolecular Hbond substituents is 2. The molecule has 0 bridgehead atoms. The molecule has 0 spiro atoms. The first-order valence-electron chi connectivity index (χ1n) is 5.21. The molecule has 0 aromatic heterocycles. The zero-order valence-electron chi connectivity index (χ0n) is 9.92. The van der Waals surface area contributed by atoms with E-state index in [0.717, 1.165) is 0 Å². The molecule has 0 fully saturated rings. The molecule has 2 rings (SSSR count). The van der Waals surface area contributed by atoms with Crippen molar-refractivity contribution >= 4 is 92.8 Å². The molecule has 22 heavy (non-hydrogen) atoms. The van der Waals surface area contributed by atoms with Crippen molar-refractivity contribution in [1.82, 2.24) is 0 Å². The number of phenols is 2. The van der Waals surface area contributed by atoms with E-state index >= 15 is 0 Å². The van der Waals surface area contributed by atoms with Crippen LogP contribution in [0.3, 0.4) is 0 Å². The van der Waals surface area contributed by atoms with Crippen molar-refractivity contribution in [2.45, 2.75) is 0 Å². The predicted octanol–water partition coefficient (Wildman–Crippen LogP) is 7.99. The number of hydrogen-bond acceptors (Lipinski definition) is 2. The van der Waals surface area contributed by atoms with Crippen LogP contribution < -0.4 is 0 Å². The van der Waals surface area contributed by atoms with Gasteiger partial charge in [-0.05, 0) is 0 Å². The Morgan fingerprint density at radius 1 is 0.364 bits per heavy atom. The molecule has 118 valence electrons. The third-order valence-electron chi connectivity index (χ3n) is 2.73. The second-order valence-corrected chi connectivity index (χ2v) is 6.98. The second kappa shape index (κ2) is 6.70. The zero-order valence-corrected chi connectivity index (χ0v) is 16.0. The number of halogens is 8. The fourth-order valence-corrected chi connectivity index (χ4v) is 3.66. The van der Waals surface area contributed by atoms with Crippen molar-refractivity contribution in [3.63, 3.8) is 0 Å². The maximum Gasteiger partial charge on any atom is 0.155 e. The monoisotopic (exact) mass is 458 g/mol. The van der Waals surface area contributed by atoms with Gasteiger partial charge in [0.2, 0.25) is 0 Å². The molecule has 2 N–H and O–H groups in total. The third-order valence-corrected chi connectivity index (χ3v) is 6.21. The van der Waals surface area contributed by atoms with Crippen molar-refractivity contribution < 1.29 is 10.2 Å². The Morgan fingerprint density at radius 3 is 1.14 bits per heavy atom. The quantitative estimate of drug-likeness (QED) is 0.334. The van der Waals surface area contributed by atoms with Gasteiger partial charge in [0.15, 0.2) is 5.75 Å². The Kier molecular flexibility index (Phi) is 5.69. The molecule has 0 amide bonds. The van der Waals surface area contributed by atoms with E-state index in [4.69, 9.17) is 92.8 Å². The van der Waals surface area contributed by atoms with Gasteiger partial charge in [-0.25, -0.2) is 0 Å². The van der Waals surface area contributed by atoms with Crippen LogP contribution in [0.5, 0.6) is 11.5 Å². The largest absolute Gasteiger partial charge is 0.506 e. The van der Waals surface area contributed by atoms with Crippen molar-refractivity contribution in [2.24, 2.45) is 0 Å². The lowest BCUT2D eigenvalue weighted by Crippen LogP contribution is -1.91. The van der Waals surface area contributed by atoms with E-state index in [9.17, 15) is 10.2 Å². The molecule has 0 aliphatic heterocycles. The molecule has 0 aliphatic rings. The van der Waals surface area contributed by atoms with E-state index < -0.39 is 11.5 Å². The summed E-state index contributed by atoms with van der Waals surface area (Å²) in [6, 6.07) is 0. The Bertz CT molecular complexity index is 677. The second-order valence-electron chi connectivity index (χ2n) is 3.96. The molecular formula is C12H2Cl8O2. The van der Waals surface area contributed by atoms with E-state index in [1.165, 1.54) is 0 Å². The van der Waals surface area contributed by atoms with E-state index in [1.54, 1.807) is 0 Å². The van der Waals surface area contributed by atoms with Gasteiger partial charge in [0.1, 0.15) is 20.8 Å². The van der Waals surface area contributed by atoms with Gasteiger partial charge in [-0.1, -0.05) is 92.8 Å². The topological polar surface area (TPSA) is 40.5 Å². The zero-order chi connectivity index (χ0) is 16.9. The van der Waals surface area contributed by atoms with Gasteiger partial charge in [-0.3, -0.25) is 0 Å². The standard InChI is InChI=1S/C12H2Cl8O2/c13-3-1(4(14)9(19)12(22)8(3)18)2-5(15)6(16)7(17)10(20)11(2)21/h21-22H. The lowest BCUT2D eigenvalue weighted by molar-refractivity contribution is 0.474. The van der Waals surface area contributed by atoms with Crippen molar-refractivity contribution in [1.29, 1.82) is 0 Å². The van der Waals surface area contributed by atoms with E-state index in [0.29, 0.717) is 0 Å². The lowest BCUT2D eigenvalue weighted by atomic mass is 10.0. The van der Waals surface area contributed by atoms with Crippen LogP contribution >= 0.6 is 92.8 Å². The lowest BCUT2D eigenvalue weighted by Gasteiger charge is -2.17. The molecule has 0 saturated heterocycles. The minimum absolute atomic E-state index is 0.0425. The molecule has 0 aliphatic carbocycles. The summed E-state index contributed by atoms with van der Waals surface area (Å²) in [5, 5.41) is 18.3. The molecule has 0 saturated carbocycles. The van der Waals surface area contributed by atoms with E-state index in [-0.39, 0.29) is 51.3 Å². The first-order valence-corrected chi connectivity index (χ1v) is 8.23. The molecule has 0 unspecified atom stereocenters. The van der Waals surface area contributed by atoms with Crippen LogP contribution in [-0.4, -0.2) is 10.2 Å². The van der Waals surface area contributed by atoms with E-state index in [1.807, 2.05) is 0 Å². The van der Waals surface area contributed by atoms with Gasteiger partial charge < -0.3 is 10.2 Å². The number of hydrogen-bond donors (Lipinski definition) is 2. The highest BCUT2D eigenvalue weighted by Gasteiger charge is 2.28. The molecule has 0 atom stereocenters. The van der Waals surface area contributed by atoms with E-state index in [2.05, 4.69) is 0 Å². The first kappa shape index (κ1) is 18.7. The highest BCUT2D eigenvalue weighted by Crippen LogP contribution is 2.56. The number of rotatable bonds is 1. The highest BCUT2D eigenvalue weighted by molar-refractivity contribution is 6.55. The summed E-state index contributed by atoms with van der Waals surface area (Å²) >= 11 is 47.7. The Morgan fingerprint density at radius 2 is 0.682 bits per heavy atom. The summed E-state index contributed by atoms with van der Waals surface area (Å²) in [7, 11) is 0. The number of benzene rings is 2. The molecule has 10 heteroatoms. The molecule has 0 heterocycles. The summed E-state index contributed by atoms with van der Waals surface area (Å²) in [5.74, 6) is -1.02. The van der Waals surface area contributed by atoms with Crippen molar-refractivity contribution in [3.8, 4) is 22.6 Å². The summed E-state index contributed by atoms with van der Waals surface area (Å²) in [4.78, 5) is 0. The Labute approximate surface area is 165 Å². The predicted molar refractivity (Wildman–Crippen MR) is 95.3 cm³/mol. The minimum Gasteiger partial charge on any atom is -0.506 e. The average molecular weight is 462 g/mol. The van der Waals surface area contributed by atoms with Crippen LogP contribution in [-0.2, 0) is 0 Å². The fraction of sp³-hybridized carbons (Fsp3) is 0. The molecule has 2 aromatic carbocycles. The minimum atomic E-state index is -0.511. The third kappa shape index (κ3) is 2.78. The molecule has 0 radical (unpaired) electrons. The Hall–Kier alpha value is 0.360. The fourth-order valence-electron chi connectivity index (χ4n) is 1.69. The van der Waals surface area contributed by atoms with Gasteiger partial charge >= 0.3 is 0 Å². The van der Waals surface area contributed by atoms with Gasteiger partial charge in [-0.2, -0.15) is 0 Å². The van der Waals surface area contributed by atoms with Crippen molar-refractivity contribution in [2.75, 3.05) is 0 Å². The average Bonchev–Trinajstić information content (AvgIpc) is 2.50. The van der Waals surface area contributed by atoms with Gasteiger partial charge in [-0.15, -0.1) is 0 Å². The van der Waals surface area contributed by atoms with Crippen LogP contribution in [0.25, 0.3) is 11.1 Å². The number of aromatic hydroxyl groups is 2. The van der Waals surface area contributed by atoms with Gasteiger partial charge in [0.05, 0.1) is 25.1 Å². The smallest absolute Gasteiger partial charge is 0.155 e. The summed E-state index contributed by atoms with van der Waals surface area (Å²) < 4.78 is 0. The van der Waals surface area contributed by atoms with Crippen LogP contribution in [0.15, 0.2) is 0 Å². The SMILES string of the molecule is Oc1c(Cl)c(Cl)c(-c2c(O)c(Cl)c(Cl)c(Cl)c2Cl)c(Cl)c1Cl. The maximum atomic E-state index is 10.2. The highest BCUT2D eigenvalue weighted by atomic mass is 35.5. The maximum absolute atomic E-state index is 10.2. The van der Waals surface area contributed by atoms with Crippen LogP contribution in [0.4, 0.5) is 0 Å². The van der Waals surface area contributed by atoms with Crippen molar-refractivity contribution in [3.05, 3.63) is 40.2 Å². The van der Waals surface area contributed by atoms with Gasteiger partial charge in [0.25, 0.3) is 0 Å². The first-order chi connectivity index (χ1) is 10.1. The summed E-state index contributed by atoms with van der Waals surface area (Å²) in [6.45, 7) is 0. The van der Waals surface area contributed by atoms with Crippen LogP contribution in [0.1, 0.15) is 0 Å². The molecule has 2 nitrogen and oxygen atoms in total. The van der Waals surface area contributed by atoms with Crippen LogP contribution in [0.2, 0.25) is 40.2 Å². The normalized spacial score (nSPS) is 11.1.